The van der Waals surface area contributed by atoms with Crippen LogP contribution in [-0.2, 0) is 15.1 Å². The summed E-state index contributed by atoms with van der Waals surface area (Å²) in [5.74, 6) is -0.458. The number of thiazole rings is 1. The summed E-state index contributed by atoms with van der Waals surface area (Å²) in [6.07, 6.45) is 4.21. The highest BCUT2D eigenvalue weighted by Gasteiger charge is 2.40. The molecule has 6 heteroatoms. The zero-order chi connectivity index (χ0) is 14.8. The predicted molar refractivity (Wildman–Crippen MR) is 77.6 cm³/mol. The number of ether oxygens (including phenoxy) is 1. The maximum atomic E-state index is 11.0. The first-order chi connectivity index (χ1) is 9.48. The van der Waals surface area contributed by atoms with Crippen LogP contribution in [0.25, 0.3) is 0 Å². The Morgan fingerprint density at radius 3 is 3.10 bits per heavy atom. The van der Waals surface area contributed by atoms with Gasteiger partial charge in [0.1, 0.15) is 16.7 Å². The smallest absolute Gasteiger partial charge is 0.326 e. The van der Waals surface area contributed by atoms with Crippen LogP contribution < -0.4 is 5.73 Å². The van der Waals surface area contributed by atoms with Gasteiger partial charge in [-0.1, -0.05) is 13.3 Å². The van der Waals surface area contributed by atoms with E-state index in [0.29, 0.717) is 18.2 Å². The number of hydrogen-bond acceptors (Lipinski definition) is 5. The van der Waals surface area contributed by atoms with Gasteiger partial charge in [-0.2, -0.15) is 0 Å². The molecule has 1 heterocycles. The van der Waals surface area contributed by atoms with Crippen LogP contribution in [0.3, 0.4) is 0 Å². The molecule has 3 atom stereocenters. The second-order valence-electron chi connectivity index (χ2n) is 5.52. The van der Waals surface area contributed by atoms with Crippen molar-refractivity contribution in [1.29, 1.82) is 0 Å². The zero-order valence-corrected chi connectivity index (χ0v) is 12.8. The molecule has 0 bridgehead atoms. The Balaban J connectivity index is 2.28. The average molecular weight is 298 g/mol. The molecule has 1 aromatic heterocycles. The molecule has 1 saturated carbocycles. The van der Waals surface area contributed by atoms with E-state index in [1.54, 1.807) is 5.38 Å². The van der Waals surface area contributed by atoms with E-state index in [1.165, 1.54) is 17.8 Å². The van der Waals surface area contributed by atoms with Gasteiger partial charge in [-0.15, -0.1) is 11.3 Å². The van der Waals surface area contributed by atoms with Crippen LogP contribution in [0, 0.1) is 5.92 Å². The Morgan fingerprint density at radius 2 is 2.50 bits per heavy atom. The lowest BCUT2D eigenvalue weighted by Gasteiger charge is -2.38. The Kier molecular flexibility index (Phi) is 4.78. The van der Waals surface area contributed by atoms with Crippen molar-refractivity contribution in [2.24, 2.45) is 11.7 Å². The molecule has 0 amide bonds. The van der Waals surface area contributed by atoms with Crippen molar-refractivity contribution < 1.29 is 14.6 Å². The number of carboxylic acid groups (broad SMARTS) is 1. The monoisotopic (exact) mass is 298 g/mol. The van der Waals surface area contributed by atoms with Crippen LogP contribution in [0.1, 0.15) is 56.3 Å². The van der Waals surface area contributed by atoms with Gasteiger partial charge in [0.25, 0.3) is 0 Å². The summed E-state index contributed by atoms with van der Waals surface area (Å²) in [5, 5.41) is 11.6. The zero-order valence-electron chi connectivity index (χ0n) is 12.0. The van der Waals surface area contributed by atoms with Crippen LogP contribution >= 0.6 is 11.3 Å². The van der Waals surface area contributed by atoms with Gasteiger partial charge in [0.2, 0.25) is 0 Å². The first-order valence-electron chi connectivity index (χ1n) is 7.06. The van der Waals surface area contributed by atoms with Crippen LogP contribution in [0.15, 0.2) is 5.38 Å². The van der Waals surface area contributed by atoms with E-state index >= 15 is 0 Å². The first kappa shape index (κ1) is 15.4. The molecule has 112 valence electrons. The van der Waals surface area contributed by atoms with Crippen molar-refractivity contribution in [3.8, 4) is 0 Å². The van der Waals surface area contributed by atoms with Crippen LogP contribution in [-0.4, -0.2) is 22.7 Å². The fraction of sp³-hybridized carbons (Fsp3) is 0.714. The number of rotatable bonds is 5. The summed E-state index contributed by atoms with van der Waals surface area (Å²) in [7, 11) is 0. The summed E-state index contributed by atoms with van der Waals surface area (Å²) in [6.45, 7) is 4.84. The fourth-order valence-corrected chi connectivity index (χ4v) is 3.98. The van der Waals surface area contributed by atoms with E-state index in [4.69, 9.17) is 15.6 Å². The van der Waals surface area contributed by atoms with Crippen LogP contribution in [0.4, 0.5) is 0 Å². The molecule has 0 saturated heterocycles. The highest BCUT2D eigenvalue weighted by molar-refractivity contribution is 7.09. The third-order valence-corrected chi connectivity index (χ3v) is 4.92. The van der Waals surface area contributed by atoms with Crippen LogP contribution in [0.2, 0.25) is 0 Å². The molecular formula is C14H22N2O3S. The Morgan fingerprint density at radius 1 is 1.75 bits per heavy atom. The maximum Gasteiger partial charge on any atom is 0.326 e. The molecule has 0 aliphatic heterocycles. The molecule has 0 aromatic carbocycles. The highest BCUT2D eigenvalue weighted by Crippen LogP contribution is 2.44. The van der Waals surface area contributed by atoms with Crippen molar-refractivity contribution >= 4 is 17.3 Å². The minimum absolute atomic E-state index is 0.354. The van der Waals surface area contributed by atoms with Gasteiger partial charge in [0.15, 0.2) is 0 Å². The molecule has 5 nitrogen and oxygen atoms in total. The van der Waals surface area contributed by atoms with Gasteiger partial charge < -0.3 is 15.6 Å². The molecule has 1 aromatic rings. The van der Waals surface area contributed by atoms with Gasteiger partial charge in [0, 0.05) is 12.0 Å². The van der Waals surface area contributed by atoms with Crippen molar-refractivity contribution in [1.82, 2.24) is 4.98 Å². The minimum atomic E-state index is -1.06. The van der Waals surface area contributed by atoms with E-state index in [1.807, 2.05) is 6.92 Å². The molecule has 1 aliphatic carbocycles. The number of nitrogens with two attached hydrogens (primary N) is 1. The SMILES string of the molecule is CCOC1(c2nc(C(N)C(=O)O)cs2)CCCC(C)C1. The van der Waals surface area contributed by atoms with Crippen LogP contribution in [0.5, 0.6) is 0 Å². The summed E-state index contributed by atoms with van der Waals surface area (Å²) in [6, 6.07) is -1.06. The summed E-state index contributed by atoms with van der Waals surface area (Å²) >= 11 is 1.46. The van der Waals surface area contributed by atoms with Gasteiger partial charge in [-0.05, 0) is 32.1 Å². The molecule has 1 fully saturated rings. The lowest BCUT2D eigenvalue weighted by molar-refractivity contribution is -0.138. The fourth-order valence-electron chi connectivity index (χ4n) is 2.93. The number of carbonyl (C=O) groups is 1. The van der Waals surface area contributed by atoms with E-state index in [-0.39, 0.29) is 5.60 Å². The third-order valence-electron chi connectivity index (χ3n) is 3.87. The van der Waals surface area contributed by atoms with Crippen molar-refractivity contribution in [3.63, 3.8) is 0 Å². The van der Waals surface area contributed by atoms with Crippen molar-refractivity contribution in [2.75, 3.05) is 6.61 Å². The van der Waals surface area contributed by atoms with Gasteiger partial charge in [0.05, 0.1) is 5.69 Å². The first-order valence-corrected chi connectivity index (χ1v) is 7.94. The molecule has 0 spiro atoms. The lowest BCUT2D eigenvalue weighted by Crippen LogP contribution is -2.35. The molecular weight excluding hydrogens is 276 g/mol. The van der Waals surface area contributed by atoms with Gasteiger partial charge in [-0.25, -0.2) is 4.98 Å². The number of nitrogens with zero attached hydrogens (tertiary/aromatic N) is 1. The quantitative estimate of drug-likeness (QED) is 0.873. The lowest BCUT2D eigenvalue weighted by atomic mass is 9.79. The number of carboxylic acids is 1. The van der Waals surface area contributed by atoms with E-state index in [9.17, 15) is 4.79 Å². The van der Waals surface area contributed by atoms with Crippen molar-refractivity contribution in [3.05, 3.63) is 16.1 Å². The van der Waals surface area contributed by atoms with E-state index in [0.717, 1.165) is 24.3 Å². The topological polar surface area (TPSA) is 85.4 Å². The molecule has 3 unspecified atom stereocenters. The molecule has 1 aliphatic rings. The number of aliphatic carboxylic acids is 1. The normalized spacial score (nSPS) is 28.2. The van der Waals surface area contributed by atoms with Gasteiger partial charge in [-0.3, -0.25) is 4.79 Å². The molecule has 2 rings (SSSR count). The van der Waals surface area contributed by atoms with Crippen molar-refractivity contribution in [2.45, 2.75) is 51.2 Å². The van der Waals surface area contributed by atoms with E-state index in [2.05, 4.69) is 11.9 Å². The minimum Gasteiger partial charge on any atom is -0.480 e. The van der Waals surface area contributed by atoms with E-state index < -0.39 is 12.0 Å². The number of hydrogen-bond donors (Lipinski definition) is 2. The maximum absolute atomic E-state index is 11.0. The largest absolute Gasteiger partial charge is 0.480 e. The summed E-state index contributed by atoms with van der Waals surface area (Å²) in [5.41, 5.74) is 5.70. The standard InChI is InChI=1S/C14H22N2O3S/c1-3-19-14(6-4-5-9(2)7-14)13-16-10(8-20-13)11(15)12(17)18/h8-9,11H,3-7,15H2,1-2H3,(H,17,18). The second-order valence-corrected chi connectivity index (χ2v) is 6.38. The summed E-state index contributed by atoms with van der Waals surface area (Å²) in [4.78, 5) is 15.4. The highest BCUT2D eigenvalue weighted by atomic mass is 32.1. The third kappa shape index (κ3) is 3.02. The second kappa shape index (κ2) is 6.20. The van der Waals surface area contributed by atoms with Gasteiger partial charge >= 0.3 is 5.97 Å². The average Bonchev–Trinajstić information content (AvgIpc) is 2.88. The summed E-state index contributed by atoms with van der Waals surface area (Å²) < 4.78 is 6.04. The predicted octanol–water partition coefficient (Wildman–Crippen LogP) is 2.67. The Hall–Kier alpha value is -0.980. The molecule has 20 heavy (non-hydrogen) atoms. The Labute approximate surface area is 123 Å². The molecule has 0 radical (unpaired) electrons. The number of aromatic nitrogens is 1. The Bertz CT molecular complexity index is 473. The molecule has 3 N–H and O–H groups in total.